The van der Waals surface area contributed by atoms with Crippen molar-refractivity contribution in [1.82, 2.24) is 5.32 Å². The number of hydrogen-bond donors (Lipinski definition) is 1. The number of para-hydroxylation sites is 1. The zero-order valence-corrected chi connectivity index (χ0v) is 22.4. The first kappa shape index (κ1) is 24.7. The molecule has 3 aromatic carbocycles. The molecule has 3 aromatic rings. The van der Waals surface area contributed by atoms with Crippen LogP contribution in [0.1, 0.15) is 59.7 Å². The lowest BCUT2D eigenvalue weighted by atomic mass is 9.96. The predicted octanol–water partition coefficient (Wildman–Crippen LogP) is 8.85. The maximum atomic E-state index is 13.4. The summed E-state index contributed by atoms with van der Waals surface area (Å²) < 4.78 is 6.78. The lowest BCUT2D eigenvalue weighted by Gasteiger charge is -2.25. The molecule has 0 saturated heterocycles. The molecule has 5 rings (SSSR count). The molecule has 0 spiro atoms. The fourth-order valence-electron chi connectivity index (χ4n) is 4.47. The second-order valence-corrected chi connectivity index (χ2v) is 12.3. The van der Waals surface area contributed by atoms with E-state index in [1.165, 1.54) is 19.3 Å². The third kappa shape index (κ3) is 6.23. The summed E-state index contributed by atoms with van der Waals surface area (Å²) in [7, 11) is 0. The number of thiocarbonyl (C=S) groups is 1. The number of ketones is 1. The molecule has 1 aliphatic carbocycles. The normalized spacial score (nSPS) is 15.9. The van der Waals surface area contributed by atoms with Gasteiger partial charge in [0.05, 0.1) is 9.79 Å². The van der Waals surface area contributed by atoms with Crippen molar-refractivity contribution in [3.05, 3.63) is 82.9 Å². The smallest absolute Gasteiger partial charge is 0.164 e. The third-order valence-electron chi connectivity index (χ3n) is 6.34. The first-order chi connectivity index (χ1) is 17.0. The van der Waals surface area contributed by atoms with Crippen LogP contribution >= 0.6 is 47.3 Å². The van der Waals surface area contributed by atoms with Crippen LogP contribution in [0.4, 0.5) is 0 Å². The summed E-state index contributed by atoms with van der Waals surface area (Å²) in [6, 6.07) is 21.8. The zero-order valence-electron chi connectivity index (χ0n) is 19.2. The molecular formula is C28H26ClNO2S3. The third-order valence-corrected chi connectivity index (χ3v) is 9.15. The minimum atomic E-state index is -0.0935. The topological polar surface area (TPSA) is 38.3 Å². The highest BCUT2D eigenvalue weighted by Gasteiger charge is 2.24. The monoisotopic (exact) mass is 539 g/mol. The highest BCUT2D eigenvalue weighted by atomic mass is 35.5. The Morgan fingerprint density at radius 3 is 2.57 bits per heavy atom. The van der Waals surface area contributed by atoms with Crippen molar-refractivity contribution in [3.8, 4) is 11.5 Å². The molecule has 7 heteroatoms. The maximum Gasteiger partial charge on any atom is 0.164 e. The van der Waals surface area contributed by atoms with Crippen molar-refractivity contribution in [2.45, 2.75) is 59.6 Å². The van der Waals surface area contributed by atoms with E-state index in [9.17, 15) is 4.79 Å². The van der Waals surface area contributed by atoms with Gasteiger partial charge in [0.1, 0.15) is 15.8 Å². The summed E-state index contributed by atoms with van der Waals surface area (Å²) in [5, 5.41) is 4.12. The number of rotatable bonds is 6. The Morgan fingerprint density at radius 2 is 1.77 bits per heavy atom. The lowest BCUT2D eigenvalue weighted by molar-refractivity contribution is 0.0982. The van der Waals surface area contributed by atoms with Crippen LogP contribution in [0.2, 0.25) is 5.02 Å². The molecule has 1 heterocycles. The average molecular weight is 540 g/mol. The van der Waals surface area contributed by atoms with Gasteiger partial charge in [-0.15, -0.1) is 0 Å². The molecule has 1 aliphatic heterocycles. The van der Waals surface area contributed by atoms with Gasteiger partial charge in [0.15, 0.2) is 5.78 Å². The fourth-order valence-corrected chi connectivity index (χ4v) is 7.12. The van der Waals surface area contributed by atoms with Gasteiger partial charge in [0, 0.05) is 28.3 Å². The molecule has 2 aliphatic rings. The average Bonchev–Trinajstić information content (AvgIpc) is 2.87. The quantitative estimate of drug-likeness (QED) is 0.195. The number of hydrogen-bond acceptors (Lipinski definition) is 5. The summed E-state index contributed by atoms with van der Waals surface area (Å²) in [6.07, 6.45) is 6.45. The van der Waals surface area contributed by atoms with E-state index in [4.69, 9.17) is 28.6 Å². The lowest BCUT2D eigenvalue weighted by Crippen LogP contribution is -2.34. The van der Waals surface area contributed by atoms with Gasteiger partial charge in [-0.05, 0) is 60.9 Å². The highest BCUT2D eigenvalue weighted by Crippen LogP contribution is 2.47. The summed E-state index contributed by atoms with van der Waals surface area (Å²) >= 11 is 15.0. The molecule has 180 valence electrons. The molecular weight excluding hydrogens is 514 g/mol. The number of halogens is 1. The van der Waals surface area contributed by atoms with Crippen molar-refractivity contribution in [1.29, 1.82) is 0 Å². The van der Waals surface area contributed by atoms with E-state index in [1.54, 1.807) is 23.5 Å². The van der Waals surface area contributed by atoms with Crippen LogP contribution in [0.15, 0.2) is 76.5 Å². The standard InChI is InChI=1S/C28H26ClNO2S3/c29-20-13-10-18(11-14-20)26(35-28(33)30-21-6-2-1-3-7-21)17-22(31)19-12-15-24-27(16-19)34-25-9-5-4-8-23(25)32-24/h4-5,8-16,21,26H,1-3,6-7,17H2,(H,30,33). The Bertz CT molecular complexity index is 1230. The van der Waals surface area contributed by atoms with Crippen molar-refractivity contribution in [2.24, 2.45) is 0 Å². The van der Waals surface area contributed by atoms with E-state index < -0.39 is 0 Å². The Morgan fingerprint density at radius 1 is 1.03 bits per heavy atom. The number of Topliss-reactive ketones (excluding diaryl/α,β-unsaturated/α-hetero) is 1. The molecule has 1 fully saturated rings. The molecule has 0 amide bonds. The number of nitrogens with one attached hydrogen (secondary N) is 1. The summed E-state index contributed by atoms with van der Waals surface area (Å²) in [6.45, 7) is 0. The van der Waals surface area contributed by atoms with Crippen LogP contribution in [0.25, 0.3) is 0 Å². The van der Waals surface area contributed by atoms with E-state index in [-0.39, 0.29) is 11.0 Å². The van der Waals surface area contributed by atoms with Gasteiger partial charge < -0.3 is 10.1 Å². The van der Waals surface area contributed by atoms with Crippen LogP contribution in [0.3, 0.4) is 0 Å². The van der Waals surface area contributed by atoms with Crippen LogP contribution in [0, 0.1) is 0 Å². The van der Waals surface area contributed by atoms with Gasteiger partial charge in [0.2, 0.25) is 0 Å². The summed E-state index contributed by atoms with van der Waals surface area (Å²) in [4.78, 5) is 15.5. The van der Waals surface area contributed by atoms with E-state index in [1.807, 2.05) is 66.7 Å². The molecule has 0 radical (unpaired) electrons. The molecule has 35 heavy (non-hydrogen) atoms. The van der Waals surface area contributed by atoms with Crippen LogP contribution in [0.5, 0.6) is 11.5 Å². The maximum absolute atomic E-state index is 13.4. The Balaban J connectivity index is 1.32. The number of fused-ring (bicyclic) bond motifs is 2. The first-order valence-corrected chi connectivity index (χ1v) is 14.4. The van der Waals surface area contributed by atoms with Crippen molar-refractivity contribution < 1.29 is 9.53 Å². The SMILES string of the molecule is O=C(CC(SC(=S)NC1CCCCC1)c1ccc(Cl)cc1)c1ccc2c(c1)Sc1ccccc1O2. The second-order valence-electron chi connectivity index (χ2n) is 8.86. The van der Waals surface area contributed by atoms with Crippen LogP contribution in [-0.2, 0) is 0 Å². The molecule has 1 atom stereocenters. The Kier molecular flexibility index (Phi) is 8.03. The van der Waals surface area contributed by atoms with Gasteiger partial charge >= 0.3 is 0 Å². The summed E-state index contributed by atoms with van der Waals surface area (Å²) in [5.41, 5.74) is 1.73. The molecule has 1 unspecified atom stereocenters. The number of benzene rings is 3. The minimum absolute atomic E-state index is 0.0835. The van der Waals surface area contributed by atoms with Crippen molar-refractivity contribution in [2.75, 3.05) is 0 Å². The van der Waals surface area contributed by atoms with E-state index in [2.05, 4.69) is 5.32 Å². The highest BCUT2D eigenvalue weighted by molar-refractivity contribution is 8.23. The second kappa shape index (κ2) is 11.4. The summed E-state index contributed by atoms with van der Waals surface area (Å²) in [5.74, 6) is 1.72. The van der Waals surface area contributed by atoms with Gasteiger partial charge in [-0.25, -0.2) is 0 Å². The fraction of sp³-hybridized carbons (Fsp3) is 0.286. The zero-order chi connectivity index (χ0) is 24.2. The van der Waals surface area contributed by atoms with Gasteiger partial charge in [-0.1, -0.05) is 90.9 Å². The predicted molar refractivity (Wildman–Crippen MR) is 150 cm³/mol. The van der Waals surface area contributed by atoms with E-state index in [0.717, 1.165) is 44.0 Å². The van der Waals surface area contributed by atoms with Gasteiger partial charge in [-0.2, -0.15) is 0 Å². The molecule has 0 aromatic heterocycles. The van der Waals surface area contributed by atoms with Gasteiger partial charge in [-0.3, -0.25) is 4.79 Å². The largest absolute Gasteiger partial charge is 0.455 e. The molecule has 1 saturated carbocycles. The van der Waals surface area contributed by atoms with Crippen molar-refractivity contribution >= 4 is 57.4 Å². The molecule has 1 N–H and O–H groups in total. The van der Waals surface area contributed by atoms with E-state index >= 15 is 0 Å². The number of carbonyl (C=O) groups excluding carboxylic acids is 1. The number of thioether (sulfide) groups is 1. The first-order valence-electron chi connectivity index (χ1n) is 11.9. The molecule has 3 nitrogen and oxygen atoms in total. The molecule has 0 bridgehead atoms. The van der Waals surface area contributed by atoms with E-state index in [0.29, 0.717) is 23.0 Å². The Labute approximate surface area is 225 Å². The van der Waals surface area contributed by atoms with Gasteiger partial charge in [0.25, 0.3) is 0 Å². The van der Waals surface area contributed by atoms with Crippen LogP contribution in [-0.4, -0.2) is 16.1 Å². The van der Waals surface area contributed by atoms with Crippen LogP contribution < -0.4 is 10.1 Å². The minimum Gasteiger partial charge on any atom is -0.455 e. The number of carbonyl (C=O) groups is 1. The Hall–Kier alpha value is -1.99. The number of ether oxygens (including phenoxy) is 1. The van der Waals surface area contributed by atoms with Crippen molar-refractivity contribution in [3.63, 3.8) is 0 Å².